The van der Waals surface area contributed by atoms with Crippen molar-refractivity contribution in [2.45, 2.75) is 25.4 Å². The topological polar surface area (TPSA) is 102 Å². The fraction of sp³-hybridized carbons (Fsp3) is 0.400. The van der Waals surface area contributed by atoms with Crippen LogP contribution in [0.25, 0.3) is 0 Å². The summed E-state index contributed by atoms with van der Waals surface area (Å²) in [6.45, 7) is 3.30. The molecule has 2 aromatic heterocycles. The SMILES string of the molecule is CC1(F)CCN(C(=O)c2cnc3c(c2)OCCN3c2ccc(C(N)=O)nc2)CC1. The lowest BCUT2D eigenvalue weighted by Crippen LogP contribution is -2.43. The highest BCUT2D eigenvalue weighted by Gasteiger charge is 2.32. The Labute approximate surface area is 167 Å². The Kier molecular flexibility index (Phi) is 4.81. The van der Waals surface area contributed by atoms with Gasteiger partial charge in [0, 0.05) is 19.3 Å². The summed E-state index contributed by atoms with van der Waals surface area (Å²) in [6.07, 6.45) is 3.72. The van der Waals surface area contributed by atoms with E-state index in [9.17, 15) is 14.0 Å². The second-order valence-electron chi connectivity index (χ2n) is 7.52. The van der Waals surface area contributed by atoms with Crippen LogP contribution in [0, 0.1) is 0 Å². The molecule has 2 N–H and O–H groups in total. The monoisotopic (exact) mass is 399 g/mol. The number of fused-ring (bicyclic) bond motifs is 1. The lowest BCUT2D eigenvalue weighted by molar-refractivity contribution is 0.0503. The van der Waals surface area contributed by atoms with Crippen LogP contribution in [-0.4, -0.2) is 58.6 Å². The van der Waals surface area contributed by atoms with Crippen LogP contribution >= 0.6 is 0 Å². The molecule has 2 aromatic rings. The van der Waals surface area contributed by atoms with Gasteiger partial charge >= 0.3 is 0 Å². The molecule has 8 nitrogen and oxygen atoms in total. The van der Waals surface area contributed by atoms with E-state index in [0.29, 0.717) is 56.2 Å². The number of carbonyl (C=O) groups excluding carboxylic acids is 2. The molecule has 2 aliphatic rings. The summed E-state index contributed by atoms with van der Waals surface area (Å²) < 4.78 is 19.7. The van der Waals surface area contributed by atoms with E-state index >= 15 is 0 Å². The molecule has 0 saturated carbocycles. The zero-order valence-corrected chi connectivity index (χ0v) is 16.1. The molecule has 152 valence electrons. The predicted octanol–water partition coefficient (Wildman–Crippen LogP) is 2.07. The van der Waals surface area contributed by atoms with E-state index in [1.54, 1.807) is 36.2 Å². The highest BCUT2D eigenvalue weighted by molar-refractivity contribution is 5.95. The number of alkyl halides is 1. The van der Waals surface area contributed by atoms with Crippen molar-refractivity contribution in [1.29, 1.82) is 0 Å². The molecule has 0 atom stereocenters. The molecule has 0 aromatic carbocycles. The van der Waals surface area contributed by atoms with Crippen molar-refractivity contribution in [3.05, 3.63) is 41.9 Å². The Morgan fingerprint density at radius 1 is 1.17 bits per heavy atom. The molecular weight excluding hydrogens is 377 g/mol. The number of ether oxygens (including phenoxy) is 1. The van der Waals surface area contributed by atoms with E-state index in [2.05, 4.69) is 9.97 Å². The normalized spacial score (nSPS) is 18.0. The minimum Gasteiger partial charge on any atom is -0.488 e. The predicted molar refractivity (Wildman–Crippen MR) is 104 cm³/mol. The van der Waals surface area contributed by atoms with Gasteiger partial charge in [0.15, 0.2) is 11.6 Å². The standard InChI is InChI=1S/C20H22FN5O3/c1-20(21)4-6-25(7-5-20)19(28)13-10-16-18(24-11-13)26(8-9-29-16)14-2-3-15(17(22)27)23-12-14/h2-3,10-12H,4-9H2,1H3,(H2,22,27). The van der Waals surface area contributed by atoms with Gasteiger partial charge in [-0.25, -0.2) is 14.4 Å². The van der Waals surface area contributed by atoms with Crippen molar-refractivity contribution < 1.29 is 18.7 Å². The smallest absolute Gasteiger partial charge is 0.267 e. The summed E-state index contributed by atoms with van der Waals surface area (Å²) in [5, 5.41) is 0. The highest BCUT2D eigenvalue weighted by atomic mass is 19.1. The summed E-state index contributed by atoms with van der Waals surface area (Å²) in [7, 11) is 0. The first kappa shape index (κ1) is 19.1. The quantitative estimate of drug-likeness (QED) is 0.848. The van der Waals surface area contributed by atoms with Crippen LogP contribution in [0.15, 0.2) is 30.6 Å². The molecule has 1 saturated heterocycles. The molecule has 1 fully saturated rings. The lowest BCUT2D eigenvalue weighted by atomic mass is 9.95. The van der Waals surface area contributed by atoms with Crippen molar-refractivity contribution in [1.82, 2.24) is 14.9 Å². The van der Waals surface area contributed by atoms with Gasteiger partial charge in [-0.3, -0.25) is 9.59 Å². The van der Waals surface area contributed by atoms with E-state index in [4.69, 9.17) is 10.5 Å². The second kappa shape index (κ2) is 7.31. The Hall–Kier alpha value is -3.23. The fourth-order valence-corrected chi connectivity index (χ4v) is 3.52. The number of amides is 2. The van der Waals surface area contributed by atoms with E-state index in [1.807, 2.05) is 4.90 Å². The van der Waals surface area contributed by atoms with Crippen LogP contribution < -0.4 is 15.4 Å². The van der Waals surface area contributed by atoms with Crippen LogP contribution in [-0.2, 0) is 0 Å². The first-order valence-corrected chi connectivity index (χ1v) is 9.48. The van der Waals surface area contributed by atoms with Gasteiger partial charge in [0.05, 0.1) is 24.0 Å². The minimum atomic E-state index is -1.22. The van der Waals surface area contributed by atoms with E-state index in [-0.39, 0.29) is 11.6 Å². The maximum Gasteiger partial charge on any atom is 0.267 e. The molecule has 0 bridgehead atoms. The van der Waals surface area contributed by atoms with E-state index in [1.165, 1.54) is 6.20 Å². The number of aromatic nitrogens is 2. The summed E-state index contributed by atoms with van der Waals surface area (Å²) in [4.78, 5) is 36.1. The zero-order chi connectivity index (χ0) is 20.6. The Morgan fingerprint density at radius 2 is 1.93 bits per heavy atom. The first-order valence-electron chi connectivity index (χ1n) is 9.48. The van der Waals surface area contributed by atoms with Gasteiger partial charge in [0.25, 0.3) is 11.8 Å². The number of halogens is 1. The number of nitrogens with two attached hydrogens (primary N) is 1. The number of hydrogen-bond acceptors (Lipinski definition) is 6. The summed E-state index contributed by atoms with van der Waals surface area (Å²) >= 11 is 0. The fourth-order valence-electron chi connectivity index (χ4n) is 3.52. The molecule has 29 heavy (non-hydrogen) atoms. The van der Waals surface area contributed by atoms with Crippen molar-refractivity contribution in [2.24, 2.45) is 5.73 Å². The van der Waals surface area contributed by atoms with Crippen molar-refractivity contribution >= 4 is 23.3 Å². The number of carbonyl (C=O) groups is 2. The number of anilines is 2. The molecular formula is C20H22FN5O3. The van der Waals surface area contributed by atoms with Crippen LogP contribution in [0.4, 0.5) is 15.9 Å². The average Bonchev–Trinajstić information content (AvgIpc) is 2.72. The molecule has 4 rings (SSSR count). The van der Waals surface area contributed by atoms with Crippen molar-refractivity contribution in [3.63, 3.8) is 0 Å². The number of nitrogens with zero attached hydrogens (tertiary/aromatic N) is 4. The van der Waals surface area contributed by atoms with Crippen LogP contribution in [0.5, 0.6) is 5.75 Å². The molecule has 0 spiro atoms. The zero-order valence-electron chi connectivity index (χ0n) is 16.1. The number of likely N-dealkylation sites (tertiary alicyclic amines) is 1. The van der Waals surface area contributed by atoms with Crippen molar-refractivity contribution in [3.8, 4) is 5.75 Å². The van der Waals surface area contributed by atoms with Gasteiger partial charge in [0.2, 0.25) is 0 Å². The number of pyridine rings is 2. The second-order valence-corrected chi connectivity index (χ2v) is 7.52. The molecule has 4 heterocycles. The lowest BCUT2D eigenvalue weighted by Gasteiger charge is -2.34. The van der Waals surface area contributed by atoms with Crippen molar-refractivity contribution in [2.75, 3.05) is 31.1 Å². The number of primary amides is 1. The van der Waals surface area contributed by atoms with Crippen LogP contribution in [0.3, 0.4) is 0 Å². The molecule has 2 amide bonds. The maximum absolute atomic E-state index is 14.0. The molecule has 9 heteroatoms. The summed E-state index contributed by atoms with van der Waals surface area (Å²) in [5.41, 5.74) is 5.36. The molecule has 0 radical (unpaired) electrons. The van der Waals surface area contributed by atoms with Crippen LogP contribution in [0.2, 0.25) is 0 Å². The van der Waals surface area contributed by atoms with Gasteiger partial charge in [-0.05, 0) is 38.0 Å². The minimum absolute atomic E-state index is 0.177. The Bertz CT molecular complexity index is 938. The highest BCUT2D eigenvalue weighted by Crippen LogP contribution is 2.35. The largest absolute Gasteiger partial charge is 0.488 e. The van der Waals surface area contributed by atoms with Gasteiger partial charge in [-0.1, -0.05) is 0 Å². The third-order valence-electron chi connectivity index (χ3n) is 5.31. The van der Waals surface area contributed by atoms with E-state index in [0.717, 1.165) is 5.69 Å². The average molecular weight is 399 g/mol. The number of hydrogen-bond donors (Lipinski definition) is 1. The Morgan fingerprint density at radius 3 is 2.59 bits per heavy atom. The van der Waals surface area contributed by atoms with Gasteiger partial charge in [0.1, 0.15) is 18.0 Å². The summed E-state index contributed by atoms with van der Waals surface area (Å²) in [5.74, 6) is 0.291. The number of piperidine rings is 1. The van der Waals surface area contributed by atoms with Gasteiger partial charge in [-0.15, -0.1) is 0 Å². The van der Waals surface area contributed by atoms with Gasteiger partial charge in [-0.2, -0.15) is 0 Å². The Balaban J connectivity index is 1.55. The molecule has 2 aliphatic heterocycles. The third-order valence-corrected chi connectivity index (χ3v) is 5.31. The van der Waals surface area contributed by atoms with Crippen LogP contribution in [0.1, 0.15) is 40.6 Å². The van der Waals surface area contributed by atoms with Gasteiger partial charge < -0.3 is 20.3 Å². The number of rotatable bonds is 3. The molecule has 0 aliphatic carbocycles. The molecule has 0 unspecified atom stereocenters. The summed E-state index contributed by atoms with van der Waals surface area (Å²) in [6, 6.07) is 4.97. The first-order chi connectivity index (χ1) is 13.8. The third kappa shape index (κ3) is 3.85. The maximum atomic E-state index is 14.0. The van der Waals surface area contributed by atoms with E-state index < -0.39 is 11.6 Å².